The van der Waals surface area contributed by atoms with Gasteiger partial charge in [-0.05, 0) is 45.8 Å². The van der Waals surface area contributed by atoms with E-state index in [-0.39, 0.29) is 0 Å². The van der Waals surface area contributed by atoms with Gasteiger partial charge in [-0.25, -0.2) is 9.97 Å². The normalized spacial score (nSPS) is 11.2. The number of fused-ring (bicyclic) bond motifs is 1. The maximum Gasteiger partial charge on any atom is 0.257 e. The van der Waals surface area contributed by atoms with E-state index in [9.17, 15) is 0 Å². The highest BCUT2D eigenvalue weighted by Gasteiger charge is 2.11. The Hall–Kier alpha value is -1.54. The van der Waals surface area contributed by atoms with Crippen LogP contribution in [0.25, 0.3) is 11.1 Å². The molecule has 0 saturated heterocycles. The molecule has 2 heterocycles. The lowest BCUT2D eigenvalue weighted by molar-refractivity contribution is 0.411. The van der Waals surface area contributed by atoms with Crippen LogP contribution in [0.5, 0.6) is 5.75 Å². The van der Waals surface area contributed by atoms with Crippen molar-refractivity contribution in [3.05, 3.63) is 67.5 Å². The number of methoxy groups -OCH3 is 1. The first-order chi connectivity index (χ1) is 13.1. The summed E-state index contributed by atoms with van der Waals surface area (Å²) in [7, 11) is 1.67. The second-order valence-electron chi connectivity index (χ2n) is 5.73. The molecule has 0 aliphatic heterocycles. The maximum atomic E-state index is 6.13. The number of hydrogen-bond acceptors (Lipinski definition) is 6. The number of halogens is 2. The van der Waals surface area contributed by atoms with E-state index in [1.54, 1.807) is 24.5 Å². The standard InChI is InChI=1S/C19H14BrClN2O2S2/c1-24-16-7-11(5-6-13(16)20)8-17-22-12(9-26-17)10-27-19-23-15-4-2-3-14(21)18(15)25-19/h2-7,9H,8,10H2,1H3. The van der Waals surface area contributed by atoms with E-state index in [2.05, 4.69) is 32.4 Å². The summed E-state index contributed by atoms with van der Waals surface area (Å²) in [5.74, 6) is 1.53. The molecule has 0 saturated carbocycles. The van der Waals surface area contributed by atoms with Crippen LogP contribution in [0.1, 0.15) is 16.3 Å². The molecule has 0 amide bonds. The molecule has 0 N–H and O–H groups in total. The zero-order chi connectivity index (χ0) is 18.8. The average molecular weight is 482 g/mol. The Morgan fingerprint density at radius 3 is 2.96 bits per heavy atom. The van der Waals surface area contributed by atoms with Crippen LogP contribution in [0, 0.1) is 0 Å². The summed E-state index contributed by atoms with van der Waals surface area (Å²) in [6, 6.07) is 11.7. The van der Waals surface area contributed by atoms with Crippen LogP contribution >= 0.6 is 50.6 Å². The summed E-state index contributed by atoms with van der Waals surface area (Å²) < 4.78 is 12.0. The van der Waals surface area contributed by atoms with Gasteiger partial charge in [0.05, 0.1) is 27.3 Å². The van der Waals surface area contributed by atoms with Crippen LogP contribution in [0.4, 0.5) is 0 Å². The molecule has 0 unspecified atom stereocenters. The molecule has 4 nitrogen and oxygen atoms in total. The lowest BCUT2D eigenvalue weighted by atomic mass is 10.1. The molecule has 0 aliphatic rings. The lowest BCUT2D eigenvalue weighted by Gasteiger charge is -2.05. The Morgan fingerprint density at radius 1 is 1.26 bits per heavy atom. The van der Waals surface area contributed by atoms with E-state index in [0.717, 1.165) is 38.4 Å². The number of para-hydroxylation sites is 1. The number of ether oxygens (including phenoxy) is 1. The second-order valence-corrected chi connectivity index (χ2v) is 8.87. The topological polar surface area (TPSA) is 48.2 Å². The van der Waals surface area contributed by atoms with Gasteiger partial charge >= 0.3 is 0 Å². The van der Waals surface area contributed by atoms with Crippen molar-refractivity contribution < 1.29 is 9.15 Å². The van der Waals surface area contributed by atoms with Gasteiger partial charge in [-0.1, -0.05) is 35.5 Å². The van der Waals surface area contributed by atoms with E-state index < -0.39 is 0 Å². The molecule has 0 bridgehead atoms. The molecule has 0 atom stereocenters. The molecule has 2 aromatic carbocycles. The molecule has 27 heavy (non-hydrogen) atoms. The summed E-state index contributed by atoms with van der Waals surface area (Å²) in [5, 5.41) is 4.32. The molecule has 138 valence electrons. The predicted octanol–water partition coefficient (Wildman–Crippen LogP) is 6.59. The van der Waals surface area contributed by atoms with Crippen molar-refractivity contribution in [1.82, 2.24) is 9.97 Å². The van der Waals surface area contributed by atoms with Crippen molar-refractivity contribution >= 4 is 61.7 Å². The largest absolute Gasteiger partial charge is 0.496 e. The van der Waals surface area contributed by atoms with Gasteiger partial charge in [-0.2, -0.15) is 0 Å². The minimum Gasteiger partial charge on any atom is -0.496 e. The number of aromatic nitrogens is 2. The highest BCUT2D eigenvalue weighted by molar-refractivity contribution is 9.10. The number of hydrogen-bond donors (Lipinski definition) is 0. The van der Waals surface area contributed by atoms with Gasteiger partial charge < -0.3 is 9.15 Å². The minimum atomic E-state index is 0.577. The van der Waals surface area contributed by atoms with Crippen LogP contribution in [0.3, 0.4) is 0 Å². The van der Waals surface area contributed by atoms with Crippen molar-refractivity contribution in [2.75, 3.05) is 7.11 Å². The zero-order valence-electron chi connectivity index (χ0n) is 14.2. The van der Waals surface area contributed by atoms with Crippen molar-refractivity contribution in [2.45, 2.75) is 17.4 Å². The first kappa shape index (κ1) is 18.8. The Labute approximate surface area is 178 Å². The van der Waals surface area contributed by atoms with Gasteiger partial charge in [0.25, 0.3) is 5.22 Å². The summed E-state index contributed by atoms with van der Waals surface area (Å²) in [5.41, 5.74) is 3.58. The molecule has 2 aromatic heterocycles. The minimum absolute atomic E-state index is 0.577. The monoisotopic (exact) mass is 480 g/mol. The van der Waals surface area contributed by atoms with Gasteiger partial charge in [0.1, 0.15) is 11.3 Å². The molecular formula is C19H14BrClN2O2S2. The highest BCUT2D eigenvalue weighted by Crippen LogP contribution is 2.31. The van der Waals surface area contributed by atoms with E-state index >= 15 is 0 Å². The van der Waals surface area contributed by atoms with Crippen molar-refractivity contribution in [1.29, 1.82) is 0 Å². The smallest absolute Gasteiger partial charge is 0.257 e. The molecule has 8 heteroatoms. The van der Waals surface area contributed by atoms with Crippen LogP contribution < -0.4 is 4.74 Å². The SMILES string of the molecule is COc1cc(Cc2nc(CSc3nc4cccc(Cl)c4o3)cs2)ccc1Br. The number of rotatable bonds is 6. The molecular weight excluding hydrogens is 468 g/mol. The summed E-state index contributed by atoms with van der Waals surface area (Å²) >= 11 is 12.8. The number of thioether (sulfide) groups is 1. The third-order valence-corrected chi connectivity index (χ3v) is 6.57. The van der Waals surface area contributed by atoms with Crippen molar-refractivity contribution in [3.63, 3.8) is 0 Å². The third-order valence-electron chi connectivity index (χ3n) is 3.86. The fraction of sp³-hybridized carbons (Fsp3) is 0.158. The molecule has 0 aliphatic carbocycles. The Bertz CT molecular complexity index is 1100. The quantitative estimate of drug-likeness (QED) is 0.291. The second kappa shape index (κ2) is 8.22. The number of benzene rings is 2. The molecule has 0 fully saturated rings. The van der Waals surface area contributed by atoms with Crippen LogP contribution in [-0.2, 0) is 12.2 Å². The van der Waals surface area contributed by atoms with Crippen LogP contribution in [0.15, 0.2) is 55.9 Å². The molecule has 4 aromatic rings. The number of oxazole rings is 1. The molecule has 0 radical (unpaired) electrons. The molecule has 0 spiro atoms. The van der Waals surface area contributed by atoms with E-state index in [1.165, 1.54) is 11.8 Å². The van der Waals surface area contributed by atoms with Crippen LogP contribution in [-0.4, -0.2) is 17.1 Å². The Morgan fingerprint density at radius 2 is 2.15 bits per heavy atom. The molecule has 4 rings (SSSR count). The summed E-state index contributed by atoms with van der Waals surface area (Å²) in [6.07, 6.45) is 0.775. The van der Waals surface area contributed by atoms with E-state index in [1.807, 2.05) is 24.3 Å². The highest BCUT2D eigenvalue weighted by atomic mass is 79.9. The van der Waals surface area contributed by atoms with Gasteiger partial charge in [-0.15, -0.1) is 11.3 Å². The average Bonchev–Trinajstić information content (AvgIpc) is 3.29. The van der Waals surface area contributed by atoms with E-state index in [0.29, 0.717) is 21.6 Å². The summed E-state index contributed by atoms with van der Waals surface area (Å²) in [4.78, 5) is 9.18. The van der Waals surface area contributed by atoms with Gasteiger partial charge in [0, 0.05) is 17.6 Å². The zero-order valence-corrected chi connectivity index (χ0v) is 18.2. The van der Waals surface area contributed by atoms with Crippen molar-refractivity contribution in [3.8, 4) is 5.75 Å². The first-order valence-corrected chi connectivity index (χ1v) is 11.1. The summed E-state index contributed by atoms with van der Waals surface area (Å²) in [6.45, 7) is 0. The Balaban J connectivity index is 1.42. The third kappa shape index (κ3) is 4.32. The fourth-order valence-corrected chi connectivity index (χ4v) is 4.85. The first-order valence-electron chi connectivity index (χ1n) is 8.06. The Kier molecular flexibility index (Phi) is 5.73. The predicted molar refractivity (Wildman–Crippen MR) is 114 cm³/mol. The van der Waals surface area contributed by atoms with Crippen molar-refractivity contribution in [2.24, 2.45) is 0 Å². The van der Waals surface area contributed by atoms with Gasteiger partial charge in [-0.3, -0.25) is 0 Å². The van der Waals surface area contributed by atoms with Gasteiger partial charge in [0.15, 0.2) is 5.58 Å². The lowest BCUT2D eigenvalue weighted by Crippen LogP contribution is -1.91. The van der Waals surface area contributed by atoms with Gasteiger partial charge in [0.2, 0.25) is 0 Å². The fourth-order valence-electron chi connectivity index (χ4n) is 2.58. The van der Waals surface area contributed by atoms with E-state index in [4.69, 9.17) is 25.7 Å². The number of nitrogens with zero attached hydrogens (tertiary/aromatic N) is 2. The number of thiazole rings is 1. The maximum absolute atomic E-state index is 6.13. The van der Waals surface area contributed by atoms with Crippen LogP contribution in [0.2, 0.25) is 5.02 Å².